The van der Waals surface area contributed by atoms with Crippen LogP contribution in [0.2, 0.25) is 0 Å². The maximum atomic E-state index is 12.3. The van der Waals surface area contributed by atoms with Crippen LogP contribution in [0, 0.1) is 0 Å². The van der Waals surface area contributed by atoms with Gasteiger partial charge in [0, 0.05) is 0 Å². The molecule has 0 spiro atoms. The molecule has 0 aromatic heterocycles. The topological polar surface area (TPSA) is 68.3 Å². The third kappa shape index (κ3) is 2.78. The summed E-state index contributed by atoms with van der Waals surface area (Å²) in [5.41, 5.74) is -6.04. The van der Waals surface area contributed by atoms with Gasteiger partial charge in [0.2, 0.25) is 0 Å². The van der Waals surface area contributed by atoms with Crippen molar-refractivity contribution in [2.24, 2.45) is 0 Å². The standard InChI is InChI=1S/C8H7F3O4S2/c9-8(10,11)17(14,15)7(16(12)13)6-4-2-1-3-5-6/h1-5,7,16H. The molecule has 0 amide bonds. The summed E-state index contributed by atoms with van der Waals surface area (Å²) in [5, 5.41) is 0. The van der Waals surface area contributed by atoms with Gasteiger partial charge in [0.1, 0.15) is 0 Å². The van der Waals surface area contributed by atoms with Crippen LogP contribution in [0.15, 0.2) is 30.3 Å². The van der Waals surface area contributed by atoms with E-state index in [9.17, 15) is 30.0 Å². The van der Waals surface area contributed by atoms with Gasteiger partial charge in [-0.1, -0.05) is 30.3 Å². The highest BCUT2D eigenvalue weighted by Crippen LogP contribution is 2.35. The predicted molar refractivity (Wildman–Crippen MR) is 54.5 cm³/mol. The van der Waals surface area contributed by atoms with Crippen LogP contribution in [0.3, 0.4) is 0 Å². The van der Waals surface area contributed by atoms with Gasteiger partial charge in [-0.15, -0.1) is 0 Å². The number of rotatable bonds is 3. The minimum atomic E-state index is -5.79. The van der Waals surface area contributed by atoms with Crippen LogP contribution in [0.1, 0.15) is 10.1 Å². The van der Waals surface area contributed by atoms with Crippen LogP contribution >= 0.6 is 0 Å². The summed E-state index contributed by atoms with van der Waals surface area (Å²) in [4.78, 5) is 0. The summed E-state index contributed by atoms with van der Waals surface area (Å²) in [6.07, 6.45) is 0. The van der Waals surface area contributed by atoms with E-state index < -0.39 is 36.2 Å². The van der Waals surface area contributed by atoms with Crippen LogP contribution in [-0.2, 0) is 20.5 Å². The Morgan fingerprint density at radius 2 is 1.53 bits per heavy atom. The highest BCUT2D eigenvalue weighted by atomic mass is 32.3. The molecule has 1 aromatic carbocycles. The quantitative estimate of drug-likeness (QED) is 0.849. The molecule has 17 heavy (non-hydrogen) atoms. The molecular formula is C8H7F3O4S2. The second kappa shape index (κ2) is 4.65. The number of sulfone groups is 1. The van der Waals surface area contributed by atoms with Gasteiger partial charge in [-0.2, -0.15) is 13.2 Å². The van der Waals surface area contributed by atoms with Gasteiger partial charge >= 0.3 is 5.51 Å². The molecule has 0 aliphatic heterocycles. The predicted octanol–water partition coefficient (Wildman–Crippen LogP) is 1.23. The van der Waals surface area contributed by atoms with Crippen molar-refractivity contribution in [1.82, 2.24) is 0 Å². The van der Waals surface area contributed by atoms with Crippen LogP contribution < -0.4 is 0 Å². The van der Waals surface area contributed by atoms with Crippen molar-refractivity contribution < 1.29 is 30.0 Å². The summed E-state index contributed by atoms with van der Waals surface area (Å²) < 4.78 is 77.9. The first kappa shape index (κ1) is 14.0. The fourth-order valence-electron chi connectivity index (χ4n) is 1.16. The van der Waals surface area contributed by atoms with E-state index in [2.05, 4.69) is 0 Å². The number of alkyl halides is 3. The molecule has 0 saturated heterocycles. The molecule has 0 heterocycles. The third-order valence-electron chi connectivity index (χ3n) is 1.89. The summed E-state index contributed by atoms with van der Waals surface area (Å²) in [6, 6.07) is 5.97. The second-order valence-corrected chi connectivity index (χ2v) is 6.50. The lowest BCUT2D eigenvalue weighted by atomic mass is 10.2. The maximum absolute atomic E-state index is 12.3. The van der Waals surface area contributed by atoms with E-state index in [-0.39, 0.29) is 0 Å². The lowest BCUT2D eigenvalue weighted by Crippen LogP contribution is -2.29. The molecule has 1 unspecified atom stereocenters. The molecule has 9 heteroatoms. The van der Waals surface area contributed by atoms with Crippen molar-refractivity contribution in [3.8, 4) is 0 Å². The lowest BCUT2D eigenvalue weighted by molar-refractivity contribution is -0.0439. The van der Waals surface area contributed by atoms with Gasteiger partial charge in [0.05, 0.1) is 0 Å². The SMILES string of the molecule is O=[SH](=O)C(c1ccccc1)S(=O)(=O)C(F)(F)F. The number of hydrogen-bond donors (Lipinski definition) is 1. The molecule has 96 valence electrons. The molecule has 0 bridgehead atoms. The molecule has 0 aliphatic rings. The average molecular weight is 288 g/mol. The lowest BCUT2D eigenvalue weighted by Gasteiger charge is -2.14. The highest BCUT2D eigenvalue weighted by molar-refractivity contribution is 8.02. The van der Waals surface area contributed by atoms with Crippen molar-refractivity contribution >= 4 is 20.5 Å². The van der Waals surface area contributed by atoms with Crippen LogP contribution in [0.25, 0.3) is 0 Å². The minimum Gasteiger partial charge on any atom is -0.230 e. The van der Waals surface area contributed by atoms with Crippen LogP contribution in [0.5, 0.6) is 0 Å². The Labute approximate surface area is 96.9 Å². The molecule has 1 aromatic rings. The van der Waals surface area contributed by atoms with Gasteiger partial charge < -0.3 is 0 Å². The zero-order chi connectivity index (χ0) is 13.3. The Kier molecular flexibility index (Phi) is 3.82. The summed E-state index contributed by atoms with van der Waals surface area (Å²) in [5.74, 6) is 0. The zero-order valence-electron chi connectivity index (χ0n) is 8.09. The van der Waals surface area contributed by atoms with E-state index in [0.717, 1.165) is 12.1 Å². The van der Waals surface area contributed by atoms with Crippen LogP contribution in [0.4, 0.5) is 13.2 Å². The van der Waals surface area contributed by atoms with E-state index in [1.807, 2.05) is 0 Å². The molecule has 0 saturated carbocycles. The molecular weight excluding hydrogens is 281 g/mol. The van der Waals surface area contributed by atoms with Crippen molar-refractivity contribution in [2.75, 3.05) is 0 Å². The largest absolute Gasteiger partial charge is 0.499 e. The van der Waals surface area contributed by atoms with E-state index in [1.54, 1.807) is 0 Å². The fourth-order valence-corrected chi connectivity index (χ4v) is 3.61. The van der Waals surface area contributed by atoms with Gasteiger partial charge in [0.15, 0.2) is 15.3 Å². The van der Waals surface area contributed by atoms with Gasteiger partial charge in [0.25, 0.3) is 9.84 Å². The second-order valence-electron chi connectivity index (χ2n) is 3.04. The first-order chi connectivity index (χ1) is 7.68. The Hall–Kier alpha value is -1.09. The molecule has 0 radical (unpaired) electrons. The molecule has 0 aliphatic carbocycles. The van der Waals surface area contributed by atoms with Gasteiger partial charge in [-0.05, 0) is 5.56 Å². The molecule has 1 atom stereocenters. The highest BCUT2D eigenvalue weighted by Gasteiger charge is 2.52. The first-order valence-electron chi connectivity index (χ1n) is 4.16. The van der Waals surface area contributed by atoms with E-state index >= 15 is 0 Å². The molecule has 1 rings (SSSR count). The number of benzene rings is 1. The minimum absolute atomic E-state index is 0.430. The normalized spacial score (nSPS) is 14.8. The Morgan fingerprint density at radius 3 is 1.88 bits per heavy atom. The first-order valence-corrected chi connectivity index (χ1v) is 6.96. The van der Waals surface area contributed by atoms with Crippen molar-refractivity contribution in [1.29, 1.82) is 0 Å². The Balaban J connectivity index is 3.42. The van der Waals surface area contributed by atoms with E-state index in [1.165, 1.54) is 18.2 Å². The van der Waals surface area contributed by atoms with Crippen molar-refractivity contribution in [3.63, 3.8) is 0 Å². The monoisotopic (exact) mass is 288 g/mol. The van der Waals surface area contributed by atoms with Crippen LogP contribution in [-0.4, -0.2) is 22.3 Å². The summed E-state index contributed by atoms with van der Waals surface area (Å²) >= 11 is 0. The number of thiol groups is 1. The summed E-state index contributed by atoms with van der Waals surface area (Å²) in [7, 11) is -9.59. The molecule has 0 fully saturated rings. The Morgan fingerprint density at radius 1 is 1.06 bits per heavy atom. The number of hydrogen-bond acceptors (Lipinski definition) is 4. The van der Waals surface area contributed by atoms with Crippen molar-refractivity contribution in [3.05, 3.63) is 35.9 Å². The number of halogens is 3. The van der Waals surface area contributed by atoms with Crippen molar-refractivity contribution in [2.45, 2.75) is 10.1 Å². The van der Waals surface area contributed by atoms with Gasteiger partial charge in [-0.3, -0.25) is 0 Å². The van der Waals surface area contributed by atoms with E-state index in [4.69, 9.17) is 0 Å². The zero-order valence-corrected chi connectivity index (χ0v) is 9.80. The van der Waals surface area contributed by atoms with E-state index in [0.29, 0.717) is 0 Å². The Bertz CT molecular complexity index is 552. The summed E-state index contributed by atoms with van der Waals surface area (Å²) in [6.45, 7) is 0. The smallest absolute Gasteiger partial charge is 0.230 e. The maximum Gasteiger partial charge on any atom is 0.499 e. The third-order valence-corrected chi connectivity index (χ3v) is 5.43. The molecule has 0 N–H and O–H groups in total. The van der Waals surface area contributed by atoms with Gasteiger partial charge in [-0.25, -0.2) is 16.8 Å². The molecule has 4 nitrogen and oxygen atoms in total. The average Bonchev–Trinajstić information content (AvgIpc) is 2.16. The fraction of sp³-hybridized carbons (Fsp3) is 0.250.